The Morgan fingerprint density at radius 2 is 1.62 bits per heavy atom. The molecule has 0 atom stereocenters. The molecule has 1 aromatic carbocycles. The van der Waals surface area contributed by atoms with Gasteiger partial charge >= 0.3 is 0 Å². The van der Waals surface area contributed by atoms with Gasteiger partial charge in [-0.15, -0.1) is 12.4 Å². The SMILES string of the molecule is CC(C)(C)ONc1ccccc1.Cl. The van der Waals surface area contributed by atoms with Gasteiger partial charge < -0.3 is 0 Å². The maximum atomic E-state index is 5.37. The van der Waals surface area contributed by atoms with Gasteiger partial charge in [-0.2, -0.15) is 0 Å². The number of halogens is 1. The highest BCUT2D eigenvalue weighted by Gasteiger charge is 2.09. The van der Waals surface area contributed by atoms with Crippen LogP contribution in [-0.4, -0.2) is 5.60 Å². The molecule has 1 rings (SSSR count). The number of rotatable bonds is 2. The lowest BCUT2D eigenvalue weighted by Gasteiger charge is -2.19. The van der Waals surface area contributed by atoms with Gasteiger partial charge in [0.1, 0.15) is 0 Å². The van der Waals surface area contributed by atoms with Crippen LogP contribution in [0.4, 0.5) is 5.69 Å². The molecular formula is C10H16ClNO. The van der Waals surface area contributed by atoms with Crippen LogP contribution in [0, 0.1) is 0 Å². The first-order valence-corrected chi connectivity index (χ1v) is 4.07. The zero-order valence-electron chi connectivity index (χ0n) is 8.20. The summed E-state index contributed by atoms with van der Waals surface area (Å²) in [5.41, 5.74) is 3.71. The molecule has 13 heavy (non-hydrogen) atoms. The molecule has 0 aliphatic rings. The Labute approximate surface area is 85.7 Å². The predicted octanol–water partition coefficient (Wildman–Crippen LogP) is 3.25. The Hall–Kier alpha value is -0.730. The molecule has 0 aliphatic heterocycles. The lowest BCUT2D eigenvalue weighted by Crippen LogP contribution is -2.22. The fourth-order valence-electron chi connectivity index (χ4n) is 0.718. The van der Waals surface area contributed by atoms with E-state index in [0.717, 1.165) is 5.69 Å². The lowest BCUT2D eigenvalue weighted by atomic mass is 10.2. The Morgan fingerprint density at radius 3 is 2.08 bits per heavy atom. The third-order valence-corrected chi connectivity index (χ3v) is 1.25. The van der Waals surface area contributed by atoms with Crippen molar-refractivity contribution in [3.63, 3.8) is 0 Å². The molecule has 0 radical (unpaired) electrons. The second kappa shape index (κ2) is 5.10. The van der Waals surface area contributed by atoms with Gasteiger partial charge in [-0.3, -0.25) is 10.3 Å². The number of benzene rings is 1. The first-order chi connectivity index (χ1) is 5.58. The van der Waals surface area contributed by atoms with Crippen LogP contribution in [-0.2, 0) is 4.84 Å². The van der Waals surface area contributed by atoms with Crippen molar-refractivity contribution in [2.24, 2.45) is 0 Å². The number of anilines is 1. The largest absolute Gasteiger partial charge is 0.270 e. The molecule has 0 aromatic heterocycles. The van der Waals surface area contributed by atoms with Gasteiger partial charge in [-0.1, -0.05) is 18.2 Å². The van der Waals surface area contributed by atoms with E-state index >= 15 is 0 Å². The maximum Gasteiger partial charge on any atom is 0.0876 e. The van der Waals surface area contributed by atoms with E-state index in [2.05, 4.69) is 5.48 Å². The molecule has 3 heteroatoms. The quantitative estimate of drug-likeness (QED) is 0.742. The van der Waals surface area contributed by atoms with Gasteiger partial charge in [0.05, 0.1) is 11.3 Å². The molecule has 0 amide bonds. The Kier molecular flexibility index (Phi) is 4.81. The summed E-state index contributed by atoms with van der Waals surface area (Å²) in [6.45, 7) is 6.01. The smallest absolute Gasteiger partial charge is 0.0876 e. The third-order valence-electron chi connectivity index (χ3n) is 1.25. The Morgan fingerprint density at radius 1 is 1.08 bits per heavy atom. The molecule has 1 N–H and O–H groups in total. The normalized spacial score (nSPS) is 10.4. The molecular weight excluding hydrogens is 186 g/mol. The van der Waals surface area contributed by atoms with Crippen LogP contribution in [0.5, 0.6) is 0 Å². The molecule has 0 spiro atoms. The minimum absolute atomic E-state index is 0. The zero-order chi connectivity index (χ0) is 9.03. The topological polar surface area (TPSA) is 21.3 Å². The van der Waals surface area contributed by atoms with E-state index in [4.69, 9.17) is 4.84 Å². The zero-order valence-corrected chi connectivity index (χ0v) is 9.02. The first-order valence-electron chi connectivity index (χ1n) is 4.07. The second-order valence-electron chi connectivity index (χ2n) is 3.68. The summed E-state index contributed by atoms with van der Waals surface area (Å²) in [6.07, 6.45) is 0. The molecule has 0 aliphatic carbocycles. The average Bonchev–Trinajstić information content (AvgIpc) is 2.02. The molecule has 74 valence electrons. The van der Waals surface area contributed by atoms with E-state index in [0.29, 0.717) is 0 Å². The highest BCUT2D eigenvalue weighted by molar-refractivity contribution is 5.85. The summed E-state index contributed by atoms with van der Waals surface area (Å²) in [5, 5.41) is 0. The number of hydrogen-bond donors (Lipinski definition) is 1. The summed E-state index contributed by atoms with van der Waals surface area (Å²) >= 11 is 0. The number of nitrogens with one attached hydrogen (secondary N) is 1. The number of hydrogen-bond acceptors (Lipinski definition) is 2. The van der Waals surface area contributed by atoms with Crippen molar-refractivity contribution < 1.29 is 4.84 Å². The van der Waals surface area contributed by atoms with Crippen LogP contribution < -0.4 is 5.48 Å². The molecule has 0 saturated carbocycles. The van der Waals surface area contributed by atoms with Crippen molar-refractivity contribution in [3.8, 4) is 0 Å². The average molecular weight is 202 g/mol. The van der Waals surface area contributed by atoms with Crippen molar-refractivity contribution in [1.82, 2.24) is 0 Å². The van der Waals surface area contributed by atoms with E-state index in [9.17, 15) is 0 Å². The summed E-state index contributed by atoms with van der Waals surface area (Å²) in [5.74, 6) is 0. The van der Waals surface area contributed by atoms with Crippen LogP contribution in [0.3, 0.4) is 0 Å². The van der Waals surface area contributed by atoms with Crippen LogP contribution in [0.15, 0.2) is 30.3 Å². The van der Waals surface area contributed by atoms with Crippen LogP contribution in [0.1, 0.15) is 20.8 Å². The fourth-order valence-corrected chi connectivity index (χ4v) is 0.718. The Balaban J connectivity index is 0.00000144. The van der Waals surface area contributed by atoms with Crippen LogP contribution in [0.25, 0.3) is 0 Å². The lowest BCUT2D eigenvalue weighted by molar-refractivity contribution is 0.0375. The summed E-state index contributed by atoms with van der Waals surface area (Å²) in [4.78, 5) is 5.37. The van der Waals surface area contributed by atoms with E-state index < -0.39 is 0 Å². The van der Waals surface area contributed by atoms with Gasteiger partial charge in [-0.05, 0) is 32.9 Å². The van der Waals surface area contributed by atoms with Crippen molar-refractivity contribution >= 4 is 18.1 Å². The van der Waals surface area contributed by atoms with Crippen molar-refractivity contribution in [2.75, 3.05) is 5.48 Å². The number of para-hydroxylation sites is 1. The van der Waals surface area contributed by atoms with Crippen LogP contribution >= 0.6 is 12.4 Å². The molecule has 2 nitrogen and oxygen atoms in total. The van der Waals surface area contributed by atoms with Gasteiger partial charge in [0.25, 0.3) is 0 Å². The monoisotopic (exact) mass is 201 g/mol. The van der Waals surface area contributed by atoms with Crippen molar-refractivity contribution in [3.05, 3.63) is 30.3 Å². The standard InChI is InChI=1S/C10H15NO.ClH/c1-10(2,3)12-11-9-7-5-4-6-8-9;/h4-8,11H,1-3H3;1H. The van der Waals surface area contributed by atoms with Gasteiger partial charge in [0.15, 0.2) is 0 Å². The van der Waals surface area contributed by atoms with E-state index in [-0.39, 0.29) is 18.0 Å². The second-order valence-corrected chi connectivity index (χ2v) is 3.68. The molecule has 0 fully saturated rings. The van der Waals surface area contributed by atoms with E-state index in [1.165, 1.54) is 0 Å². The molecule has 0 bridgehead atoms. The van der Waals surface area contributed by atoms with Gasteiger partial charge in [0, 0.05) is 0 Å². The van der Waals surface area contributed by atoms with E-state index in [1.54, 1.807) is 0 Å². The Bertz CT molecular complexity index is 230. The van der Waals surface area contributed by atoms with E-state index in [1.807, 2.05) is 51.1 Å². The summed E-state index contributed by atoms with van der Waals surface area (Å²) in [6, 6.07) is 9.84. The summed E-state index contributed by atoms with van der Waals surface area (Å²) in [7, 11) is 0. The third kappa shape index (κ3) is 5.50. The first kappa shape index (κ1) is 12.3. The predicted molar refractivity (Wildman–Crippen MR) is 58.2 cm³/mol. The van der Waals surface area contributed by atoms with Gasteiger partial charge in [-0.25, -0.2) is 0 Å². The van der Waals surface area contributed by atoms with Crippen molar-refractivity contribution in [2.45, 2.75) is 26.4 Å². The molecule has 0 saturated heterocycles. The molecule has 0 heterocycles. The van der Waals surface area contributed by atoms with Gasteiger partial charge in [0.2, 0.25) is 0 Å². The molecule has 1 aromatic rings. The summed E-state index contributed by atoms with van der Waals surface area (Å²) < 4.78 is 0. The molecule has 0 unspecified atom stereocenters. The highest BCUT2D eigenvalue weighted by atomic mass is 35.5. The minimum atomic E-state index is -0.157. The fraction of sp³-hybridized carbons (Fsp3) is 0.400. The highest BCUT2D eigenvalue weighted by Crippen LogP contribution is 2.10. The maximum absolute atomic E-state index is 5.37. The van der Waals surface area contributed by atoms with Crippen LogP contribution in [0.2, 0.25) is 0 Å². The minimum Gasteiger partial charge on any atom is -0.270 e. The van der Waals surface area contributed by atoms with Crippen molar-refractivity contribution in [1.29, 1.82) is 0 Å².